The predicted molar refractivity (Wildman–Crippen MR) is 42.4 cm³/mol. The number of carbonyl (C=O) groups is 3. The van der Waals surface area contributed by atoms with Crippen molar-refractivity contribution >= 4 is 18.0 Å². The minimum Gasteiger partial charge on any atom is -0.420 e. The van der Waals surface area contributed by atoms with Gasteiger partial charge >= 0.3 is 6.16 Å². The van der Waals surface area contributed by atoms with Gasteiger partial charge in [0.2, 0.25) is 0 Å². The van der Waals surface area contributed by atoms with E-state index in [-0.39, 0.29) is 19.4 Å². The molecule has 0 aromatic carbocycles. The van der Waals surface area contributed by atoms with E-state index in [9.17, 15) is 14.4 Å². The van der Waals surface area contributed by atoms with Gasteiger partial charge in [-0.15, -0.1) is 6.42 Å². The SMILES string of the molecule is C#CCOC(=O)ON1C(=O)CCC1=O. The summed E-state index contributed by atoms with van der Waals surface area (Å²) in [5.74, 6) is 0.910. The molecule has 14 heavy (non-hydrogen) atoms. The summed E-state index contributed by atoms with van der Waals surface area (Å²) in [5.41, 5.74) is 0. The average molecular weight is 197 g/mol. The molecule has 0 saturated carbocycles. The Bertz CT molecular complexity index is 300. The topological polar surface area (TPSA) is 72.9 Å². The van der Waals surface area contributed by atoms with Crippen molar-refractivity contribution in [3.05, 3.63) is 0 Å². The lowest BCUT2D eigenvalue weighted by Gasteiger charge is -2.10. The molecule has 6 nitrogen and oxygen atoms in total. The third-order valence-electron chi connectivity index (χ3n) is 1.44. The zero-order chi connectivity index (χ0) is 10.6. The van der Waals surface area contributed by atoms with E-state index in [4.69, 9.17) is 6.42 Å². The molecule has 6 heteroatoms. The second kappa shape index (κ2) is 4.28. The van der Waals surface area contributed by atoms with Crippen LogP contribution in [0.25, 0.3) is 0 Å². The van der Waals surface area contributed by atoms with Gasteiger partial charge in [-0.05, 0) is 0 Å². The molecule has 0 N–H and O–H groups in total. The highest BCUT2D eigenvalue weighted by Crippen LogP contribution is 2.12. The van der Waals surface area contributed by atoms with Crippen LogP contribution >= 0.6 is 0 Å². The fourth-order valence-corrected chi connectivity index (χ4v) is 0.859. The van der Waals surface area contributed by atoms with Crippen molar-refractivity contribution < 1.29 is 24.0 Å². The first kappa shape index (κ1) is 10.1. The molecule has 1 rings (SSSR count). The normalized spacial score (nSPS) is 15.2. The van der Waals surface area contributed by atoms with Gasteiger partial charge in [0.1, 0.15) is 0 Å². The first-order chi connectivity index (χ1) is 6.65. The van der Waals surface area contributed by atoms with Crippen LogP contribution in [-0.2, 0) is 19.2 Å². The van der Waals surface area contributed by atoms with Gasteiger partial charge in [0, 0.05) is 12.8 Å². The lowest BCUT2D eigenvalue weighted by molar-refractivity contribution is -0.176. The molecule has 0 unspecified atom stereocenters. The van der Waals surface area contributed by atoms with Gasteiger partial charge in [0.25, 0.3) is 11.8 Å². The highest BCUT2D eigenvalue weighted by Gasteiger charge is 2.33. The molecule has 2 amide bonds. The van der Waals surface area contributed by atoms with E-state index in [1.165, 1.54) is 0 Å². The van der Waals surface area contributed by atoms with Crippen LogP contribution in [-0.4, -0.2) is 29.6 Å². The summed E-state index contributed by atoms with van der Waals surface area (Å²) in [6.45, 7) is -0.269. The van der Waals surface area contributed by atoms with Crippen LogP contribution < -0.4 is 0 Å². The Morgan fingerprint density at radius 2 is 2.00 bits per heavy atom. The molecule has 0 radical (unpaired) electrons. The van der Waals surface area contributed by atoms with E-state index in [0.29, 0.717) is 5.06 Å². The van der Waals surface area contributed by atoms with Crippen LogP contribution in [0.15, 0.2) is 0 Å². The van der Waals surface area contributed by atoms with Crippen LogP contribution in [0, 0.1) is 12.3 Å². The van der Waals surface area contributed by atoms with E-state index in [2.05, 4.69) is 9.57 Å². The molecule has 1 aliphatic rings. The Kier molecular flexibility index (Phi) is 3.07. The number of hydrogen-bond acceptors (Lipinski definition) is 5. The first-order valence-corrected chi connectivity index (χ1v) is 3.79. The number of nitrogens with zero attached hydrogens (tertiary/aromatic N) is 1. The maximum absolute atomic E-state index is 10.9. The second-order valence-corrected chi connectivity index (χ2v) is 2.42. The lowest BCUT2D eigenvalue weighted by atomic mass is 10.4. The molecular weight excluding hydrogens is 190 g/mol. The van der Waals surface area contributed by atoms with E-state index in [1.54, 1.807) is 0 Å². The highest BCUT2D eigenvalue weighted by molar-refractivity contribution is 6.01. The fraction of sp³-hybridized carbons (Fsp3) is 0.375. The highest BCUT2D eigenvalue weighted by atomic mass is 16.8. The minimum atomic E-state index is -1.16. The molecule has 0 aromatic rings. The Labute approximate surface area is 79.7 Å². The van der Waals surface area contributed by atoms with Crippen molar-refractivity contribution in [1.29, 1.82) is 0 Å². The summed E-state index contributed by atoms with van der Waals surface area (Å²) in [4.78, 5) is 36.9. The number of ether oxygens (including phenoxy) is 1. The fourth-order valence-electron chi connectivity index (χ4n) is 0.859. The number of terminal acetylenes is 1. The number of carbonyl (C=O) groups excluding carboxylic acids is 3. The Hall–Kier alpha value is -2.03. The summed E-state index contributed by atoms with van der Waals surface area (Å²) in [6.07, 6.45) is 3.73. The van der Waals surface area contributed by atoms with E-state index < -0.39 is 18.0 Å². The van der Waals surface area contributed by atoms with Crippen molar-refractivity contribution in [2.24, 2.45) is 0 Å². The van der Waals surface area contributed by atoms with Crippen molar-refractivity contribution in [1.82, 2.24) is 5.06 Å². The van der Waals surface area contributed by atoms with E-state index >= 15 is 0 Å². The maximum atomic E-state index is 10.9. The standard InChI is InChI=1S/C8H7NO5/c1-2-5-13-8(12)14-9-6(10)3-4-7(9)11/h1H,3-5H2. The molecule has 1 saturated heterocycles. The number of imide groups is 1. The van der Waals surface area contributed by atoms with Gasteiger partial charge in [-0.2, -0.15) is 0 Å². The van der Waals surface area contributed by atoms with Gasteiger partial charge < -0.3 is 4.74 Å². The van der Waals surface area contributed by atoms with Crippen LogP contribution in [0.4, 0.5) is 4.79 Å². The summed E-state index contributed by atoms with van der Waals surface area (Å²) >= 11 is 0. The van der Waals surface area contributed by atoms with Gasteiger partial charge in [-0.1, -0.05) is 11.0 Å². The zero-order valence-corrected chi connectivity index (χ0v) is 7.19. The minimum absolute atomic E-state index is 0.0429. The Morgan fingerprint density at radius 1 is 1.43 bits per heavy atom. The van der Waals surface area contributed by atoms with Crippen molar-refractivity contribution in [3.8, 4) is 12.3 Å². The van der Waals surface area contributed by atoms with Crippen LogP contribution in [0.1, 0.15) is 12.8 Å². The predicted octanol–water partition coefficient (Wildman–Crippen LogP) is -0.163. The van der Waals surface area contributed by atoms with E-state index in [0.717, 1.165) is 0 Å². The molecule has 0 spiro atoms. The van der Waals surface area contributed by atoms with Crippen molar-refractivity contribution in [2.45, 2.75) is 12.8 Å². The van der Waals surface area contributed by atoms with Crippen LogP contribution in [0.2, 0.25) is 0 Å². The van der Waals surface area contributed by atoms with Crippen LogP contribution in [0.5, 0.6) is 0 Å². The monoisotopic (exact) mass is 197 g/mol. The van der Waals surface area contributed by atoms with Gasteiger partial charge in [-0.3, -0.25) is 14.4 Å². The molecule has 74 valence electrons. The third kappa shape index (κ3) is 2.23. The second-order valence-electron chi connectivity index (χ2n) is 2.42. The van der Waals surface area contributed by atoms with E-state index in [1.807, 2.05) is 5.92 Å². The average Bonchev–Trinajstić information content (AvgIpc) is 2.46. The molecular formula is C8H7NO5. The number of amides is 2. The lowest BCUT2D eigenvalue weighted by Crippen LogP contribution is -2.32. The zero-order valence-electron chi connectivity index (χ0n) is 7.19. The summed E-state index contributed by atoms with van der Waals surface area (Å²) in [5, 5.41) is 0.388. The van der Waals surface area contributed by atoms with Crippen LogP contribution in [0.3, 0.4) is 0 Å². The molecule has 1 heterocycles. The Morgan fingerprint density at radius 3 is 2.50 bits per heavy atom. The number of hydrogen-bond donors (Lipinski definition) is 0. The molecule has 1 aliphatic heterocycles. The Balaban J connectivity index is 2.44. The van der Waals surface area contributed by atoms with Crippen molar-refractivity contribution in [2.75, 3.05) is 6.61 Å². The first-order valence-electron chi connectivity index (χ1n) is 3.79. The summed E-state index contributed by atoms with van der Waals surface area (Å²) in [6, 6.07) is 0. The van der Waals surface area contributed by atoms with Crippen molar-refractivity contribution in [3.63, 3.8) is 0 Å². The molecule has 0 aliphatic carbocycles. The smallest absolute Gasteiger partial charge is 0.420 e. The van der Waals surface area contributed by atoms with Gasteiger partial charge in [-0.25, -0.2) is 4.79 Å². The molecule has 1 fully saturated rings. The number of rotatable bonds is 2. The number of hydroxylamine groups is 2. The largest absolute Gasteiger partial charge is 0.534 e. The van der Waals surface area contributed by atoms with Gasteiger partial charge in [0.05, 0.1) is 0 Å². The molecule has 0 bridgehead atoms. The quantitative estimate of drug-likeness (QED) is 0.349. The molecule has 0 aromatic heterocycles. The maximum Gasteiger partial charge on any atom is 0.534 e. The van der Waals surface area contributed by atoms with Gasteiger partial charge in [0.15, 0.2) is 6.61 Å². The summed E-state index contributed by atoms with van der Waals surface area (Å²) < 4.78 is 4.31. The summed E-state index contributed by atoms with van der Waals surface area (Å²) in [7, 11) is 0. The molecule has 0 atom stereocenters. The third-order valence-corrected chi connectivity index (χ3v) is 1.44.